The van der Waals surface area contributed by atoms with Gasteiger partial charge in [-0.2, -0.15) is 0 Å². The summed E-state index contributed by atoms with van der Waals surface area (Å²) in [6.45, 7) is 5.83. The summed E-state index contributed by atoms with van der Waals surface area (Å²) in [5.74, 6) is 0.239. The van der Waals surface area contributed by atoms with Gasteiger partial charge in [0.05, 0.1) is 10.7 Å². The van der Waals surface area contributed by atoms with Gasteiger partial charge < -0.3 is 5.73 Å². The zero-order valence-corrected chi connectivity index (χ0v) is 12.3. The topological polar surface area (TPSA) is 72.2 Å². The third-order valence-corrected chi connectivity index (χ3v) is 5.21. The molecule has 0 radical (unpaired) electrons. The van der Waals surface area contributed by atoms with Crippen molar-refractivity contribution in [3.05, 3.63) is 23.2 Å². The molecule has 6 heteroatoms. The maximum absolute atomic E-state index is 12.2. The summed E-state index contributed by atoms with van der Waals surface area (Å²) in [6.07, 6.45) is 0.891. The van der Waals surface area contributed by atoms with Gasteiger partial charge in [-0.3, -0.25) is 0 Å². The molecule has 3 N–H and O–H groups in total. The van der Waals surface area contributed by atoms with E-state index in [1.807, 2.05) is 20.8 Å². The summed E-state index contributed by atoms with van der Waals surface area (Å²) < 4.78 is 27.1. The number of nitrogens with one attached hydrogen (secondary N) is 1. The number of halogens is 1. The molecule has 0 spiro atoms. The first-order valence-electron chi connectivity index (χ1n) is 5.86. The average molecular weight is 291 g/mol. The summed E-state index contributed by atoms with van der Waals surface area (Å²) >= 11 is 5.91. The number of nitrogens with two attached hydrogens (primary N) is 1. The zero-order chi connectivity index (χ0) is 13.9. The van der Waals surface area contributed by atoms with Gasteiger partial charge in [0.25, 0.3) is 0 Å². The van der Waals surface area contributed by atoms with E-state index in [4.69, 9.17) is 17.3 Å². The Morgan fingerprint density at radius 1 is 1.39 bits per heavy atom. The van der Waals surface area contributed by atoms with Gasteiger partial charge >= 0.3 is 0 Å². The highest BCUT2D eigenvalue weighted by Crippen LogP contribution is 2.27. The van der Waals surface area contributed by atoms with Crippen molar-refractivity contribution in [3.8, 4) is 0 Å². The van der Waals surface area contributed by atoms with Gasteiger partial charge in [-0.15, -0.1) is 0 Å². The second-order valence-corrected chi connectivity index (χ2v) is 6.51. The van der Waals surface area contributed by atoms with Crippen molar-refractivity contribution in [2.75, 3.05) is 5.73 Å². The lowest BCUT2D eigenvalue weighted by Crippen LogP contribution is -2.37. The van der Waals surface area contributed by atoms with E-state index in [0.717, 1.165) is 6.42 Å². The minimum atomic E-state index is -3.68. The third-order valence-electron chi connectivity index (χ3n) is 3.10. The average Bonchev–Trinajstić information content (AvgIpc) is 2.26. The molecule has 0 saturated heterocycles. The predicted molar refractivity (Wildman–Crippen MR) is 75.1 cm³/mol. The van der Waals surface area contributed by atoms with Gasteiger partial charge in [0.1, 0.15) is 4.90 Å². The van der Waals surface area contributed by atoms with Crippen molar-refractivity contribution in [1.29, 1.82) is 0 Å². The molecule has 0 aliphatic carbocycles. The van der Waals surface area contributed by atoms with Crippen LogP contribution in [0, 0.1) is 5.92 Å². The van der Waals surface area contributed by atoms with E-state index >= 15 is 0 Å². The Morgan fingerprint density at radius 3 is 2.50 bits per heavy atom. The Labute approximate surface area is 114 Å². The largest absolute Gasteiger partial charge is 0.398 e. The van der Waals surface area contributed by atoms with Gasteiger partial charge in [0.15, 0.2) is 0 Å². The molecule has 0 bridgehead atoms. The maximum Gasteiger partial charge on any atom is 0.244 e. The van der Waals surface area contributed by atoms with Crippen LogP contribution in [0.15, 0.2) is 23.1 Å². The molecule has 18 heavy (non-hydrogen) atoms. The van der Waals surface area contributed by atoms with Crippen LogP contribution in [0.5, 0.6) is 0 Å². The normalized spacial score (nSPS) is 15.3. The Kier molecular flexibility index (Phi) is 5.01. The fraction of sp³-hybridized carbons (Fsp3) is 0.500. The van der Waals surface area contributed by atoms with E-state index < -0.39 is 10.0 Å². The van der Waals surface area contributed by atoms with Crippen molar-refractivity contribution < 1.29 is 8.42 Å². The number of nitrogen functional groups attached to an aromatic ring is 1. The SMILES string of the molecule is CCC(C)C(C)NS(=O)(=O)c1c(N)cccc1Cl. The maximum atomic E-state index is 12.2. The predicted octanol–water partition coefficient (Wildman–Crippen LogP) is 2.64. The quantitative estimate of drug-likeness (QED) is 0.819. The summed E-state index contributed by atoms with van der Waals surface area (Å²) in [4.78, 5) is -0.0400. The minimum Gasteiger partial charge on any atom is -0.398 e. The first-order valence-corrected chi connectivity index (χ1v) is 7.72. The standard InChI is InChI=1S/C12H19ClN2O2S/c1-4-8(2)9(3)15-18(16,17)12-10(13)6-5-7-11(12)14/h5-9,15H,4,14H2,1-3H3. The van der Waals surface area contributed by atoms with Crippen molar-refractivity contribution in [2.45, 2.75) is 38.1 Å². The number of benzene rings is 1. The van der Waals surface area contributed by atoms with Gasteiger partial charge in [-0.1, -0.05) is 37.9 Å². The molecular weight excluding hydrogens is 272 g/mol. The molecule has 0 aliphatic heterocycles. The monoisotopic (exact) mass is 290 g/mol. The van der Waals surface area contributed by atoms with Gasteiger partial charge in [0, 0.05) is 6.04 Å². The Morgan fingerprint density at radius 2 is 2.00 bits per heavy atom. The van der Waals surface area contributed by atoms with Crippen molar-refractivity contribution >= 4 is 27.3 Å². The summed E-state index contributed by atoms with van der Waals surface area (Å²) in [5, 5.41) is 0.138. The number of hydrogen-bond donors (Lipinski definition) is 2. The van der Waals surface area contributed by atoms with Crippen LogP contribution >= 0.6 is 11.6 Å². The van der Waals surface area contributed by atoms with Crippen molar-refractivity contribution in [3.63, 3.8) is 0 Å². The summed E-state index contributed by atoms with van der Waals surface area (Å²) in [6, 6.07) is 4.49. The second kappa shape index (κ2) is 5.91. The number of rotatable bonds is 5. The highest BCUT2D eigenvalue weighted by molar-refractivity contribution is 7.89. The lowest BCUT2D eigenvalue weighted by Gasteiger charge is -2.20. The van der Waals surface area contributed by atoms with Gasteiger partial charge in [0.2, 0.25) is 10.0 Å². The van der Waals surface area contributed by atoms with Crippen LogP contribution in [0.25, 0.3) is 0 Å². The molecule has 0 heterocycles. The zero-order valence-electron chi connectivity index (χ0n) is 10.8. The van der Waals surface area contributed by atoms with Crippen LogP contribution in [-0.4, -0.2) is 14.5 Å². The molecule has 1 aromatic carbocycles. The molecular formula is C12H19ClN2O2S. The highest BCUT2D eigenvalue weighted by atomic mass is 35.5. The summed E-state index contributed by atoms with van der Waals surface area (Å²) in [5.41, 5.74) is 5.85. The van der Waals surface area contributed by atoms with E-state index in [-0.39, 0.29) is 27.6 Å². The van der Waals surface area contributed by atoms with Gasteiger partial charge in [-0.25, -0.2) is 13.1 Å². The van der Waals surface area contributed by atoms with Crippen LogP contribution < -0.4 is 10.5 Å². The van der Waals surface area contributed by atoms with E-state index in [0.29, 0.717) is 0 Å². The fourth-order valence-electron chi connectivity index (χ4n) is 1.58. The Hall–Kier alpha value is -0.780. The molecule has 2 unspecified atom stereocenters. The fourth-order valence-corrected chi connectivity index (χ4v) is 3.61. The third kappa shape index (κ3) is 3.37. The number of anilines is 1. The molecule has 2 atom stereocenters. The molecule has 4 nitrogen and oxygen atoms in total. The minimum absolute atomic E-state index is 0.0400. The Balaban J connectivity index is 3.08. The molecule has 0 fully saturated rings. The van der Waals surface area contributed by atoms with Crippen LogP contribution in [-0.2, 0) is 10.0 Å². The molecule has 1 aromatic rings. The van der Waals surface area contributed by atoms with E-state index in [9.17, 15) is 8.42 Å². The van der Waals surface area contributed by atoms with Crippen molar-refractivity contribution in [1.82, 2.24) is 4.72 Å². The molecule has 0 aromatic heterocycles. The summed E-state index contributed by atoms with van der Waals surface area (Å²) in [7, 11) is -3.68. The van der Waals surface area contributed by atoms with Crippen LogP contribution in [0.4, 0.5) is 5.69 Å². The number of sulfonamides is 1. The molecule has 1 rings (SSSR count). The lowest BCUT2D eigenvalue weighted by atomic mass is 10.0. The van der Waals surface area contributed by atoms with E-state index in [1.54, 1.807) is 6.07 Å². The van der Waals surface area contributed by atoms with Crippen LogP contribution in [0.1, 0.15) is 27.2 Å². The molecule has 102 valence electrons. The lowest BCUT2D eigenvalue weighted by molar-refractivity contribution is 0.434. The van der Waals surface area contributed by atoms with Gasteiger partial charge in [-0.05, 0) is 25.0 Å². The van der Waals surface area contributed by atoms with E-state index in [2.05, 4.69) is 4.72 Å². The Bertz CT molecular complexity index is 497. The second-order valence-electron chi connectivity index (χ2n) is 4.45. The highest BCUT2D eigenvalue weighted by Gasteiger charge is 2.24. The molecule has 0 amide bonds. The van der Waals surface area contributed by atoms with Crippen molar-refractivity contribution in [2.24, 2.45) is 5.92 Å². The van der Waals surface area contributed by atoms with Crippen LogP contribution in [0.2, 0.25) is 5.02 Å². The molecule has 0 aliphatic rings. The smallest absolute Gasteiger partial charge is 0.244 e. The molecule has 0 saturated carbocycles. The van der Waals surface area contributed by atoms with Crippen LogP contribution in [0.3, 0.4) is 0 Å². The number of hydrogen-bond acceptors (Lipinski definition) is 3. The first kappa shape index (κ1) is 15.3. The van der Waals surface area contributed by atoms with E-state index in [1.165, 1.54) is 12.1 Å². The first-order chi connectivity index (χ1) is 8.29.